The van der Waals surface area contributed by atoms with Crippen molar-refractivity contribution in [1.29, 1.82) is 0 Å². The second-order valence-corrected chi connectivity index (χ2v) is 15.4. The number of anilines is 3. The van der Waals surface area contributed by atoms with E-state index in [4.69, 9.17) is 0 Å². The van der Waals surface area contributed by atoms with Crippen LogP contribution in [0.3, 0.4) is 0 Å². The molecule has 1 atom stereocenters. The van der Waals surface area contributed by atoms with Gasteiger partial charge >= 0.3 is 0 Å². The summed E-state index contributed by atoms with van der Waals surface area (Å²) in [5.41, 5.74) is 5.46. The Hall–Kier alpha value is -6.74. The van der Waals surface area contributed by atoms with Gasteiger partial charge in [0, 0.05) is 42.5 Å². The molecule has 0 radical (unpaired) electrons. The Labute approximate surface area is 342 Å². The summed E-state index contributed by atoms with van der Waals surface area (Å²) >= 11 is 1.60. The summed E-state index contributed by atoms with van der Waals surface area (Å²) in [6.07, 6.45) is 0. The molecule has 0 fully saturated rings. The lowest BCUT2D eigenvalue weighted by Crippen LogP contribution is -2.22. The minimum atomic E-state index is -0.665. The van der Waals surface area contributed by atoms with Crippen molar-refractivity contribution in [1.82, 2.24) is 0 Å². The van der Waals surface area contributed by atoms with Crippen LogP contribution in [-0.4, -0.2) is 0 Å². The third-order valence-corrected chi connectivity index (χ3v) is 12.4. The van der Waals surface area contributed by atoms with Gasteiger partial charge in [0.05, 0.1) is 16.7 Å². The van der Waals surface area contributed by atoms with Gasteiger partial charge in [0.15, 0.2) is 0 Å². The third-order valence-electron chi connectivity index (χ3n) is 11.3. The SMILES string of the molecule is [2H]c1c([2H])c(-c2cccc3sc4ccccc4c23)c([2H])c(N(c2cccc3c2-c2ccccc2C3(C)c2ccccc2)c2c([2H])c([2H])c(-c3cccc4ccccc34)c([2H])c2[2H])c1[2H]. The molecule has 0 aliphatic heterocycles. The van der Waals surface area contributed by atoms with E-state index < -0.39 is 17.5 Å². The number of thiophene rings is 1. The average molecular weight is 740 g/mol. The average Bonchev–Trinajstić information content (AvgIpc) is 3.84. The molecule has 1 aliphatic carbocycles. The van der Waals surface area contributed by atoms with E-state index >= 15 is 0 Å². The van der Waals surface area contributed by atoms with E-state index in [2.05, 4.69) is 31.2 Å². The molecule has 11 rings (SSSR count). The molecule has 264 valence electrons. The van der Waals surface area contributed by atoms with Gasteiger partial charge in [-0.15, -0.1) is 11.3 Å². The molecule has 9 aromatic carbocycles. The minimum Gasteiger partial charge on any atom is -0.310 e. The van der Waals surface area contributed by atoms with E-state index in [1.807, 2.05) is 127 Å². The molecular formula is C54H37NS. The zero-order valence-corrected chi connectivity index (χ0v) is 31.2. The topological polar surface area (TPSA) is 3.24 Å². The van der Waals surface area contributed by atoms with Crippen LogP contribution in [0, 0.1) is 0 Å². The summed E-state index contributed by atoms with van der Waals surface area (Å²) in [6.45, 7) is 2.17. The molecule has 0 amide bonds. The van der Waals surface area contributed by atoms with Gasteiger partial charge in [0.2, 0.25) is 0 Å². The Kier molecular flexibility index (Phi) is 5.86. The van der Waals surface area contributed by atoms with Gasteiger partial charge in [0.25, 0.3) is 0 Å². The first-order valence-electron chi connectivity index (χ1n) is 22.7. The Morgan fingerprint density at radius 2 is 1.16 bits per heavy atom. The maximum absolute atomic E-state index is 10.2. The van der Waals surface area contributed by atoms with Gasteiger partial charge in [-0.05, 0) is 105 Å². The number of hydrogen-bond donors (Lipinski definition) is 0. The van der Waals surface area contributed by atoms with Crippen molar-refractivity contribution in [2.24, 2.45) is 0 Å². The van der Waals surface area contributed by atoms with E-state index in [1.54, 1.807) is 17.4 Å². The monoisotopic (exact) mass is 739 g/mol. The molecule has 56 heavy (non-hydrogen) atoms. The van der Waals surface area contributed by atoms with E-state index in [9.17, 15) is 11.0 Å². The quantitative estimate of drug-likeness (QED) is 0.164. The van der Waals surface area contributed by atoms with Crippen LogP contribution in [0.1, 0.15) is 34.6 Å². The zero-order chi connectivity index (χ0) is 44.2. The first-order valence-corrected chi connectivity index (χ1v) is 19.5. The highest BCUT2D eigenvalue weighted by atomic mass is 32.1. The predicted molar refractivity (Wildman–Crippen MR) is 240 cm³/mol. The molecular weight excluding hydrogens is 695 g/mol. The third kappa shape index (κ3) is 5.00. The second kappa shape index (κ2) is 12.9. The fourth-order valence-corrected chi connectivity index (χ4v) is 9.83. The van der Waals surface area contributed by atoms with Gasteiger partial charge in [0.1, 0.15) is 0 Å². The van der Waals surface area contributed by atoms with Gasteiger partial charge in [-0.25, -0.2) is 0 Å². The summed E-state index contributed by atoms with van der Waals surface area (Å²) < 4.78 is 80.0. The molecule has 1 aromatic heterocycles. The van der Waals surface area contributed by atoms with Crippen molar-refractivity contribution in [3.8, 4) is 33.4 Å². The molecule has 2 heteroatoms. The van der Waals surface area contributed by atoms with Gasteiger partial charge in [-0.2, -0.15) is 0 Å². The largest absolute Gasteiger partial charge is 0.310 e. The van der Waals surface area contributed by atoms with Crippen molar-refractivity contribution < 1.29 is 11.0 Å². The van der Waals surface area contributed by atoms with Crippen LogP contribution in [0.2, 0.25) is 0 Å². The van der Waals surface area contributed by atoms with Gasteiger partial charge < -0.3 is 4.90 Å². The highest BCUT2D eigenvalue weighted by Gasteiger charge is 2.42. The van der Waals surface area contributed by atoms with Gasteiger partial charge in [-0.3, -0.25) is 0 Å². The smallest absolute Gasteiger partial charge is 0.0651 e. The van der Waals surface area contributed by atoms with Crippen molar-refractivity contribution in [2.45, 2.75) is 12.3 Å². The summed E-state index contributed by atoms with van der Waals surface area (Å²) in [4.78, 5) is 1.51. The molecule has 0 N–H and O–H groups in total. The summed E-state index contributed by atoms with van der Waals surface area (Å²) in [5, 5.41) is 3.44. The Morgan fingerprint density at radius 3 is 2.05 bits per heavy atom. The van der Waals surface area contributed by atoms with Crippen LogP contribution in [0.5, 0.6) is 0 Å². The molecule has 0 saturated carbocycles. The van der Waals surface area contributed by atoms with E-state index in [0.29, 0.717) is 16.8 Å². The highest BCUT2D eigenvalue weighted by molar-refractivity contribution is 7.25. The number of benzene rings is 9. The number of rotatable bonds is 6. The van der Waals surface area contributed by atoms with E-state index in [1.165, 1.54) is 4.90 Å². The molecule has 0 saturated heterocycles. The number of nitrogens with zero attached hydrogens (tertiary/aromatic N) is 1. The Bertz CT molecular complexity index is 3550. The number of hydrogen-bond acceptors (Lipinski definition) is 2. The molecule has 10 aromatic rings. The van der Waals surface area contributed by atoms with Crippen LogP contribution < -0.4 is 4.90 Å². The Balaban J connectivity index is 1.27. The first-order chi connectivity index (χ1) is 31.0. The van der Waals surface area contributed by atoms with Crippen LogP contribution in [-0.2, 0) is 5.41 Å². The molecule has 0 spiro atoms. The normalized spacial score (nSPS) is 16.6. The zero-order valence-electron chi connectivity index (χ0n) is 38.4. The fraction of sp³-hybridized carbons (Fsp3) is 0.0370. The van der Waals surface area contributed by atoms with E-state index in [0.717, 1.165) is 58.8 Å². The lowest BCUT2D eigenvalue weighted by molar-refractivity contribution is 0.714. The van der Waals surface area contributed by atoms with Gasteiger partial charge in [-0.1, -0.05) is 164 Å². The van der Waals surface area contributed by atoms with Crippen molar-refractivity contribution in [3.63, 3.8) is 0 Å². The molecule has 1 nitrogen and oxygen atoms in total. The van der Waals surface area contributed by atoms with Crippen molar-refractivity contribution in [2.75, 3.05) is 4.90 Å². The van der Waals surface area contributed by atoms with Crippen molar-refractivity contribution >= 4 is 59.3 Å². The minimum absolute atomic E-state index is 0.120. The van der Waals surface area contributed by atoms with Crippen molar-refractivity contribution in [3.05, 3.63) is 223 Å². The van der Waals surface area contributed by atoms with E-state index in [-0.39, 0.29) is 58.8 Å². The first kappa shape index (κ1) is 25.4. The second-order valence-electron chi connectivity index (χ2n) is 14.3. The maximum Gasteiger partial charge on any atom is 0.0651 e. The summed E-state index contributed by atoms with van der Waals surface area (Å²) in [6, 6.07) is 48.3. The molecule has 0 bridgehead atoms. The highest BCUT2D eigenvalue weighted by Crippen LogP contribution is 2.57. The fourth-order valence-electron chi connectivity index (χ4n) is 8.70. The Morgan fingerprint density at radius 1 is 0.500 bits per heavy atom. The van der Waals surface area contributed by atoms with Crippen LogP contribution >= 0.6 is 11.3 Å². The maximum atomic E-state index is 10.2. The van der Waals surface area contributed by atoms with Crippen LogP contribution in [0.15, 0.2) is 206 Å². The molecule has 1 aliphatic rings. The number of fused-ring (bicyclic) bond motifs is 7. The molecule has 1 unspecified atom stereocenters. The predicted octanol–water partition coefficient (Wildman–Crippen LogP) is 15.3. The lowest BCUT2D eigenvalue weighted by atomic mass is 9.74. The summed E-state index contributed by atoms with van der Waals surface area (Å²) in [7, 11) is 0. The van der Waals surface area contributed by atoms with Crippen LogP contribution in [0.4, 0.5) is 17.1 Å². The van der Waals surface area contributed by atoms with Crippen LogP contribution in [0.25, 0.3) is 64.3 Å². The lowest BCUT2D eigenvalue weighted by Gasteiger charge is -2.31. The molecule has 1 heterocycles. The standard InChI is InChI=1S/C54H37NS/c1-54(39-18-3-2-4-19-39)47-26-9-7-22-45(47)53-48(54)27-14-28-49(53)55(40-33-31-37(32-34-40)43-24-12-16-36-15-5-6-21-42(36)43)41-20-11-17-38(35-41)44-25-13-30-51-52(44)46-23-8-10-29-50(46)56-51/h2-35H,1H3/i11D,17D,20D,31D,32D,33D,34D,35D. The summed E-state index contributed by atoms with van der Waals surface area (Å²) in [5.74, 6) is 0.